The number of nitrogens with one attached hydrogen (secondary N) is 2. The molecule has 0 aromatic carbocycles. The van der Waals surface area contributed by atoms with E-state index in [1.807, 2.05) is 0 Å². The molecule has 0 bridgehead atoms. The SMILES string of the molecule is CNc1nc(NCCOCCC(C)C)cc(C(F)(F)F)n1. The van der Waals surface area contributed by atoms with Gasteiger partial charge in [-0.3, -0.25) is 0 Å². The molecule has 5 nitrogen and oxygen atoms in total. The molecule has 0 fully saturated rings. The molecule has 1 aromatic rings. The van der Waals surface area contributed by atoms with Crippen molar-refractivity contribution < 1.29 is 17.9 Å². The van der Waals surface area contributed by atoms with Crippen molar-refractivity contribution in [3.63, 3.8) is 0 Å². The van der Waals surface area contributed by atoms with Crippen LogP contribution in [0.1, 0.15) is 26.0 Å². The van der Waals surface area contributed by atoms with Gasteiger partial charge in [0.15, 0.2) is 5.69 Å². The molecule has 0 saturated heterocycles. The largest absolute Gasteiger partial charge is 0.433 e. The van der Waals surface area contributed by atoms with E-state index in [1.54, 1.807) is 0 Å². The lowest BCUT2D eigenvalue weighted by Gasteiger charge is -2.12. The van der Waals surface area contributed by atoms with Gasteiger partial charge >= 0.3 is 6.18 Å². The summed E-state index contributed by atoms with van der Waals surface area (Å²) >= 11 is 0. The van der Waals surface area contributed by atoms with Crippen molar-refractivity contribution in [2.45, 2.75) is 26.4 Å². The van der Waals surface area contributed by atoms with E-state index in [1.165, 1.54) is 7.05 Å². The van der Waals surface area contributed by atoms with Crippen LogP contribution >= 0.6 is 0 Å². The molecular formula is C13H21F3N4O. The lowest BCUT2D eigenvalue weighted by molar-refractivity contribution is -0.141. The zero-order valence-corrected chi connectivity index (χ0v) is 12.4. The quantitative estimate of drug-likeness (QED) is 0.723. The van der Waals surface area contributed by atoms with E-state index in [4.69, 9.17) is 4.74 Å². The van der Waals surface area contributed by atoms with Gasteiger partial charge in [0.25, 0.3) is 0 Å². The summed E-state index contributed by atoms with van der Waals surface area (Å²) in [5.74, 6) is 0.606. The van der Waals surface area contributed by atoms with Gasteiger partial charge in [-0.15, -0.1) is 0 Å². The van der Waals surface area contributed by atoms with Crippen LogP contribution in [0.15, 0.2) is 6.07 Å². The van der Waals surface area contributed by atoms with Crippen molar-refractivity contribution in [2.75, 3.05) is 37.4 Å². The molecule has 0 unspecified atom stereocenters. The summed E-state index contributed by atoms with van der Waals surface area (Å²) in [6, 6.07) is 0.884. The Morgan fingerprint density at radius 1 is 1.24 bits per heavy atom. The van der Waals surface area contributed by atoms with Crippen molar-refractivity contribution in [1.82, 2.24) is 9.97 Å². The normalized spacial score (nSPS) is 11.8. The minimum atomic E-state index is -4.50. The fraction of sp³-hybridized carbons (Fsp3) is 0.692. The molecule has 0 aliphatic heterocycles. The Morgan fingerprint density at radius 2 is 1.95 bits per heavy atom. The molecule has 0 saturated carbocycles. The topological polar surface area (TPSA) is 59.1 Å². The molecule has 1 rings (SSSR count). The average molecular weight is 306 g/mol. The van der Waals surface area contributed by atoms with E-state index in [2.05, 4.69) is 34.4 Å². The third-order valence-electron chi connectivity index (χ3n) is 2.63. The molecule has 0 aliphatic rings. The predicted octanol–water partition coefficient (Wildman–Crippen LogP) is 3.01. The molecule has 2 N–H and O–H groups in total. The number of nitrogens with zero attached hydrogens (tertiary/aromatic N) is 2. The third kappa shape index (κ3) is 6.61. The molecule has 0 aliphatic carbocycles. The van der Waals surface area contributed by atoms with E-state index in [0.29, 0.717) is 25.7 Å². The molecule has 8 heteroatoms. The van der Waals surface area contributed by atoms with Crippen molar-refractivity contribution in [1.29, 1.82) is 0 Å². The predicted molar refractivity (Wildman–Crippen MR) is 75.3 cm³/mol. The van der Waals surface area contributed by atoms with Crippen LogP contribution in [0.2, 0.25) is 0 Å². The smallest absolute Gasteiger partial charge is 0.380 e. The zero-order valence-electron chi connectivity index (χ0n) is 12.4. The molecular weight excluding hydrogens is 285 g/mol. The summed E-state index contributed by atoms with van der Waals surface area (Å²) in [5.41, 5.74) is -0.981. The van der Waals surface area contributed by atoms with Gasteiger partial charge in [0.2, 0.25) is 5.95 Å². The molecule has 0 amide bonds. The molecule has 1 aromatic heterocycles. The maximum Gasteiger partial charge on any atom is 0.433 e. The van der Waals surface area contributed by atoms with E-state index in [-0.39, 0.29) is 11.8 Å². The van der Waals surface area contributed by atoms with Crippen molar-refractivity contribution in [3.8, 4) is 0 Å². The standard InChI is InChI=1S/C13H21F3N4O/c1-9(2)4-6-21-7-5-18-11-8-10(13(14,15)16)19-12(17-3)20-11/h8-9H,4-7H2,1-3H3,(H2,17,18,19,20). The second kappa shape index (κ2) is 8.02. The van der Waals surface area contributed by atoms with Crippen molar-refractivity contribution in [3.05, 3.63) is 11.8 Å². The monoisotopic (exact) mass is 306 g/mol. The highest BCUT2D eigenvalue weighted by atomic mass is 19.4. The average Bonchev–Trinajstić information content (AvgIpc) is 2.41. The first-order valence-corrected chi connectivity index (χ1v) is 6.78. The minimum Gasteiger partial charge on any atom is -0.380 e. The number of anilines is 2. The molecule has 0 radical (unpaired) electrons. The Kier molecular flexibility index (Phi) is 6.67. The molecule has 21 heavy (non-hydrogen) atoms. The van der Waals surface area contributed by atoms with Gasteiger partial charge in [0.1, 0.15) is 5.82 Å². The van der Waals surface area contributed by atoms with Crippen molar-refractivity contribution in [2.24, 2.45) is 5.92 Å². The lowest BCUT2D eigenvalue weighted by Crippen LogP contribution is -2.15. The van der Waals surface area contributed by atoms with Crippen LogP contribution in [-0.4, -0.2) is 36.8 Å². The second-order valence-electron chi connectivity index (χ2n) is 4.93. The van der Waals surface area contributed by atoms with E-state index in [0.717, 1.165) is 12.5 Å². The second-order valence-corrected chi connectivity index (χ2v) is 4.93. The molecule has 120 valence electrons. The van der Waals surface area contributed by atoms with Crippen molar-refractivity contribution >= 4 is 11.8 Å². The van der Waals surface area contributed by atoms with Crippen LogP contribution in [0, 0.1) is 5.92 Å². The van der Waals surface area contributed by atoms with Gasteiger partial charge in [-0.25, -0.2) is 4.98 Å². The number of ether oxygens (including phenoxy) is 1. The highest BCUT2D eigenvalue weighted by molar-refractivity contribution is 5.42. The van der Waals surface area contributed by atoms with Gasteiger partial charge in [-0.1, -0.05) is 13.8 Å². The first kappa shape index (κ1) is 17.5. The minimum absolute atomic E-state index is 0.0759. The van der Waals surface area contributed by atoms with Crippen LogP contribution in [0.4, 0.5) is 24.9 Å². The van der Waals surface area contributed by atoms with Crippen LogP contribution in [0.5, 0.6) is 0 Å². The van der Waals surface area contributed by atoms with E-state index in [9.17, 15) is 13.2 Å². The van der Waals surface area contributed by atoms with Gasteiger partial charge < -0.3 is 15.4 Å². The Balaban J connectivity index is 2.51. The Labute approximate surface area is 122 Å². The van der Waals surface area contributed by atoms with Gasteiger partial charge in [0, 0.05) is 26.3 Å². The number of aromatic nitrogens is 2. The molecule has 0 atom stereocenters. The molecule has 0 spiro atoms. The van der Waals surface area contributed by atoms with Crippen LogP contribution in [-0.2, 0) is 10.9 Å². The fourth-order valence-corrected chi connectivity index (χ4v) is 1.47. The summed E-state index contributed by atoms with van der Waals surface area (Å²) in [7, 11) is 1.47. The number of rotatable bonds is 8. The maximum atomic E-state index is 12.7. The first-order chi connectivity index (χ1) is 9.82. The van der Waals surface area contributed by atoms with Crippen LogP contribution < -0.4 is 10.6 Å². The number of alkyl halides is 3. The highest BCUT2D eigenvalue weighted by Crippen LogP contribution is 2.29. The van der Waals surface area contributed by atoms with Gasteiger partial charge in [0.05, 0.1) is 6.61 Å². The number of hydrogen-bond acceptors (Lipinski definition) is 5. The highest BCUT2D eigenvalue weighted by Gasteiger charge is 2.33. The van der Waals surface area contributed by atoms with E-state index < -0.39 is 11.9 Å². The lowest BCUT2D eigenvalue weighted by atomic mass is 10.1. The maximum absolute atomic E-state index is 12.7. The van der Waals surface area contributed by atoms with Gasteiger partial charge in [-0.05, 0) is 12.3 Å². The van der Waals surface area contributed by atoms with Crippen LogP contribution in [0.3, 0.4) is 0 Å². The third-order valence-corrected chi connectivity index (χ3v) is 2.63. The summed E-state index contributed by atoms with van der Waals surface area (Å²) in [6.07, 6.45) is -3.55. The van der Waals surface area contributed by atoms with Gasteiger partial charge in [-0.2, -0.15) is 18.2 Å². The fourth-order valence-electron chi connectivity index (χ4n) is 1.47. The Bertz CT molecular complexity index is 438. The summed E-state index contributed by atoms with van der Waals surface area (Å²) in [4.78, 5) is 7.30. The molecule has 1 heterocycles. The van der Waals surface area contributed by atoms with E-state index >= 15 is 0 Å². The Hall–Kier alpha value is -1.57. The first-order valence-electron chi connectivity index (χ1n) is 6.78. The summed E-state index contributed by atoms with van der Waals surface area (Å²) < 4.78 is 43.4. The zero-order chi connectivity index (χ0) is 15.9. The number of halogens is 3. The summed E-state index contributed by atoms with van der Waals surface area (Å²) in [5, 5.41) is 5.31. The van der Waals surface area contributed by atoms with Crippen LogP contribution in [0.25, 0.3) is 0 Å². The number of hydrogen-bond donors (Lipinski definition) is 2. The Morgan fingerprint density at radius 3 is 2.52 bits per heavy atom. The summed E-state index contributed by atoms with van der Waals surface area (Å²) in [6.45, 7) is 5.63.